The molecule has 5 heteroatoms. The van der Waals surface area contributed by atoms with Crippen molar-refractivity contribution in [2.24, 2.45) is 0 Å². The lowest BCUT2D eigenvalue weighted by Crippen LogP contribution is -2.48. The number of fused-ring (bicyclic) bond motifs is 2. The Balaban J connectivity index is 1.31. The van der Waals surface area contributed by atoms with E-state index in [9.17, 15) is 4.79 Å². The number of amides is 1. The largest absolute Gasteiger partial charge is 0.373 e. The van der Waals surface area contributed by atoms with Crippen LogP contribution in [0.5, 0.6) is 0 Å². The van der Waals surface area contributed by atoms with Gasteiger partial charge in [0.05, 0.1) is 12.2 Å². The number of benzene rings is 1. The molecule has 26 heavy (non-hydrogen) atoms. The summed E-state index contributed by atoms with van der Waals surface area (Å²) in [5.74, 6) is 0.0662. The first-order valence-corrected chi connectivity index (χ1v) is 10.1. The van der Waals surface area contributed by atoms with Crippen molar-refractivity contribution in [3.8, 4) is 0 Å². The first-order valence-electron chi connectivity index (χ1n) is 10.1. The molecular weight excluding hydrogens is 326 g/mol. The molecule has 3 aliphatic rings. The van der Waals surface area contributed by atoms with Gasteiger partial charge in [-0.2, -0.15) is 0 Å². The summed E-state index contributed by atoms with van der Waals surface area (Å²) in [6.07, 6.45) is 5.20. The molecule has 1 amide bonds. The van der Waals surface area contributed by atoms with Gasteiger partial charge in [-0.15, -0.1) is 0 Å². The number of hydrogen-bond donors (Lipinski definition) is 2. The van der Waals surface area contributed by atoms with E-state index in [1.165, 1.54) is 18.4 Å². The Bertz CT molecular complexity index is 611. The minimum Gasteiger partial charge on any atom is -0.373 e. The fourth-order valence-corrected chi connectivity index (χ4v) is 4.88. The SMILES string of the molecule is CC1CN(Cc2ccc(C(=O)NC3CC4CCC(C3)N4)cc2)CC(C)O1. The van der Waals surface area contributed by atoms with E-state index in [1.54, 1.807) is 0 Å². The zero-order chi connectivity index (χ0) is 18.1. The van der Waals surface area contributed by atoms with Gasteiger partial charge in [-0.25, -0.2) is 0 Å². The zero-order valence-corrected chi connectivity index (χ0v) is 15.9. The highest BCUT2D eigenvalue weighted by molar-refractivity contribution is 5.94. The first-order chi connectivity index (χ1) is 12.5. The Morgan fingerprint density at radius 1 is 1.12 bits per heavy atom. The van der Waals surface area contributed by atoms with Crippen molar-refractivity contribution < 1.29 is 9.53 Å². The predicted molar refractivity (Wildman–Crippen MR) is 102 cm³/mol. The smallest absolute Gasteiger partial charge is 0.251 e. The van der Waals surface area contributed by atoms with Crippen molar-refractivity contribution in [2.75, 3.05) is 13.1 Å². The maximum atomic E-state index is 12.6. The topological polar surface area (TPSA) is 53.6 Å². The minimum absolute atomic E-state index is 0.0662. The van der Waals surface area contributed by atoms with Crippen LogP contribution in [0, 0.1) is 0 Å². The molecule has 3 heterocycles. The van der Waals surface area contributed by atoms with Gasteiger partial charge in [0.15, 0.2) is 0 Å². The maximum absolute atomic E-state index is 12.6. The molecule has 1 aromatic carbocycles. The molecule has 0 saturated carbocycles. The second-order valence-electron chi connectivity index (χ2n) is 8.43. The molecule has 0 aliphatic carbocycles. The third kappa shape index (κ3) is 4.27. The highest BCUT2D eigenvalue weighted by Gasteiger charge is 2.34. The summed E-state index contributed by atoms with van der Waals surface area (Å²) in [5.41, 5.74) is 2.02. The third-order valence-electron chi connectivity index (χ3n) is 5.93. The van der Waals surface area contributed by atoms with Crippen LogP contribution in [0.2, 0.25) is 0 Å². The Morgan fingerprint density at radius 2 is 1.73 bits per heavy atom. The quantitative estimate of drug-likeness (QED) is 0.868. The molecule has 5 nitrogen and oxygen atoms in total. The summed E-state index contributed by atoms with van der Waals surface area (Å²) in [7, 11) is 0. The van der Waals surface area contributed by atoms with Gasteiger partial charge >= 0.3 is 0 Å². The molecule has 4 unspecified atom stereocenters. The zero-order valence-electron chi connectivity index (χ0n) is 15.9. The molecule has 2 bridgehead atoms. The van der Waals surface area contributed by atoms with Gasteiger partial charge in [0.1, 0.15) is 0 Å². The molecule has 3 saturated heterocycles. The van der Waals surface area contributed by atoms with Crippen LogP contribution in [-0.4, -0.2) is 54.2 Å². The van der Waals surface area contributed by atoms with Crippen LogP contribution in [-0.2, 0) is 11.3 Å². The van der Waals surface area contributed by atoms with Crippen molar-refractivity contribution in [3.05, 3.63) is 35.4 Å². The highest BCUT2D eigenvalue weighted by Crippen LogP contribution is 2.27. The van der Waals surface area contributed by atoms with E-state index in [2.05, 4.69) is 41.5 Å². The summed E-state index contributed by atoms with van der Waals surface area (Å²) < 4.78 is 5.80. The lowest BCUT2D eigenvalue weighted by molar-refractivity contribution is -0.0704. The second-order valence-corrected chi connectivity index (χ2v) is 8.43. The van der Waals surface area contributed by atoms with Gasteiger partial charge in [-0.1, -0.05) is 12.1 Å². The average molecular weight is 357 g/mol. The first kappa shape index (κ1) is 18.0. The van der Waals surface area contributed by atoms with E-state index in [4.69, 9.17) is 4.74 Å². The number of hydrogen-bond acceptors (Lipinski definition) is 4. The van der Waals surface area contributed by atoms with Gasteiger partial charge in [0.2, 0.25) is 0 Å². The standard InChI is InChI=1S/C21H31N3O2/c1-14-11-24(12-15(2)26-14)13-16-3-5-17(6-4-16)21(25)23-20-9-18-7-8-19(10-20)22-18/h3-6,14-15,18-20,22H,7-13H2,1-2H3,(H,23,25). The second kappa shape index (κ2) is 7.67. The number of piperidine rings is 1. The number of carbonyl (C=O) groups is 1. The summed E-state index contributed by atoms with van der Waals surface area (Å²) >= 11 is 0. The summed E-state index contributed by atoms with van der Waals surface area (Å²) in [5, 5.41) is 6.86. The lowest BCUT2D eigenvalue weighted by Gasteiger charge is -2.35. The van der Waals surface area contributed by atoms with Gasteiger partial charge in [-0.05, 0) is 57.2 Å². The van der Waals surface area contributed by atoms with Gasteiger partial charge < -0.3 is 15.4 Å². The van der Waals surface area contributed by atoms with Crippen molar-refractivity contribution in [3.63, 3.8) is 0 Å². The Morgan fingerprint density at radius 3 is 2.35 bits per heavy atom. The Hall–Kier alpha value is -1.43. The normalized spacial score (nSPS) is 34.6. The molecular formula is C21H31N3O2. The van der Waals surface area contributed by atoms with Gasteiger partial charge in [-0.3, -0.25) is 9.69 Å². The molecule has 0 radical (unpaired) electrons. The maximum Gasteiger partial charge on any atom is 0.251 e. The number of nitrogens with zero attached hydrogens (tertiary/aromatic N) is 1. The molecule has 2 N–H and O–H groups in total. The Kier molecular flexibility index (Phi) is 5.30. The van der Waals surface area contributed by atoms with E-state index in [1.807, 2.05) is 12.1 Å². The predicted octanol–water partition coefficient (Wildman–Crippen LogP) is 2.31. The fraction of sp³-hybridized carbons (Fsp3) is 0.667. The van der Waals surface area contributed by atoms with Crippen LogP contribution in [0.4, 0.5) is 0 Å². The number of morpholine rings is 1. The van der Waals surface area contributed by atoms with Crippen molar-refractivity contribution >= 4 is 5.91 Å². The minimum atomic E-state index is 0.0662. The van der Waals surface area contributed by atoms with Crippen LogP contribution >= 0.6 is 0 Å². The Labute approximate surface area is 156 Å². The van der Waals surface area contributed by atoms with Gasteiger partial charge in [0, 0.05) is 43.3 Å². The monoisotopic (exact) mass is 357 g/mol. The van der Waals surface area contributed by atoms with E-state index in [-0.39, 0.29) is 18.1 Å². The number of rotatable bonds is 4. The number of ether oxygens (including phenoxy) is 1. The van der Waals surface area contributed by atoms with Crippen molar-refractivity contribution in [2.45, 2.75) is 76.4 Å². The van der Waals surface area contributed by atoms with E-state index in [0.29, 0.717) is 18.1 Å². The van der Waals surface area contributed by atoms with E-state index < -0.39 is 0 Å². The average Bonchev–Trinajstić information content (AvgIpc) is 2.93. The molecule has 0 aromatic heterocycles. The number of carbonyl (C=O) groups excluding carboxylic acids is 1. The highest BCUT2D eigenvalue weighted by atomic mass is 16.5. The summed E-state index contributed by atoms with van der Waals surface area (Å²) in [4.78, 5) is 15.0. The van der Waals surface area contributed by atoms with Crippen LogP contribution in [0.25, 0.3) is 0 Å². The van der Waals surface area contributed by atoms with E-state index >= 15 is 0 Å². The van der Waals surface area contributed by atoms with E-state index in [0.717, 1.165) is 38.0 Å². The summed E-state index contributed by atoms with van der Waals surface area (Å²) in [6.45, 7) is 7.10. The van der Waals surface area contributed by atoms with Gasteiger partial charge in [0.25, 0.3) is 5.91 Å². The van der Waals surface area contributed by atoms with Crippen LogP contribution in [0.15, 0.2) is 24.3 Å². The van der Waals surface area contributed by atoms with Crippen LogP contribution < -0.4 is 10.6 Å². The van der Waals surface area contributed by atoms with Crippen LogP contribution in [0.1, 0.15) is 55.5 Å². The lowest BCUT2D eigenvalue weighted by atomic mass is 9.99. The van der Waals surface area contributed by atoms with Crippen molar-refractivity contribution in [1.29, 1.82) is 0 Å². The van der Waals surface area contributed by atoms with Crippen LogP contribution in [0.3, 0.4) is 0 Å². The molecule has 142 valence electrons. The van der Waals surface area contributed by atoms with Crippen molar-refractivity contribution in [1.82, 2.24) is 15.5 Å². The summed E-state index contributed by atoms with van der Waals surface area (Å²) in [6, 6.07) is 9.62. The molecule has 0 spiro atoms. The molecule has 1 aromatic rings. The molecule has 4 rings (SSSR count). The third-order valence-corrected chi connectivity index (χ3v) is 5.93. The molecule has 3 aliphatic heterocycles. The molecule has 4 atom stereocenters. The number of nitrogens with one attached hydrogen (secondary N) is 2. The fourth-order valence-electron chi connectivity index (χ4n) is 4.88. The molecule has 3 fully saturated rings.